The average Bonchev–Trinajstić information content (AvgIpc) is 2.80. The Balaban J connectivity index is 0.00000204. The standard InChI is InChI=1S/C30H48N2.2CH3.Hf/c1-21(2)25-18-11-14-23(4)29(25)31-30(26-17-10-9-13-22(26)3)28-20-12-19-27(32(28)5)24-15-7-6-8-16-24;;;/h12,15,19-26,29-30H,5-11,13-14,16-18H2,1-4H3;2*1H3;/q-2;2*-1;+4. The van der Waals surface area contributed by atoms with E-state index in [9.17, 15) is 0 Å². The minimum atomic E-state index is 0. The summed E-state index contributed by atoms with van der Waals surface area (Å²) in [4.78, 5) is 0. The first-order valence-electron chi connectivity index (χ1n) is 13.9. The number of allylic oxidation sites excluding steroid dienone is 3. The molecule has 3 heteroatoms. The Bertz CT molecular complexity index is 690. The Morgan fingerprint density at radius 1 is 0.943 bits per heavy atom. The van der Waals surface area contributed by atoms with Crippen molar-refractivity contribution >= 4 is 6.72 Å². The van der Waals surface area contributed by atoms with Crippen LogP contribution in [0.2, 0.25) is 0 Å². The zero-order valence-electron chi connectivity index (χ0n) is 23.8. The van der Waals surface area contributed by atoms with Crippen LogP contribution in [0, 0.1) is 62.8 Å². The van der Waals surface area contributed by atoms with Crippen molar-refractivity contribution in [3.8, 4) is 0 Å². The van der Waals surface area contributed by atoms with Crippen molar-refractivity contribution in [1.82, 2.24) is 0 Å². The van der Waals surface area contributed by atoms with Crippen molar-refractivity contribution in [3.05, 3.63) is 56.6 Å². The van der Waals surface area contributed by atoms with E-state index >= 15 is 0 Å². The molecule has 196 valence electrons. The molecule has 0 saturated heterocycles. The summed E-state index contributed by atoms with van der Waals surface area (Å²) < 4.78 is 2.32. The van der Waals surface area contributed by atoms with Crippen LogP contribution in [0.3, 0.4) is 0 Å². The van der Waals surface area contributed by atoms with Crippen LogP contribution in [-0.2, 0) is 25.8 Å². The molecular formula is C32H54HfN2. The molecule has 4 aliphatic rings. The van der Waals surface area contributed by atoms with Crippen LogP contribution < -0.4 is 0 Å². The van der Waals surface area contributed by atoms with E-state index in [2.05, 4.69) is 63.6 Å². The van der Waals surface area contributed by atoms with Gasteiger partial charge < -0.3 is 26.6 Å². The molecule has 0 amide bonds. The molecule has 0 spiro atoms. The van der Waals surface area contributed by atoms with Crippen LogP contribution in [-0.4, -0.2) is 23.4 Å². The van der Waals surface area contributed by atoms with Crippen LogP contribution in [0.5, 0.6) is 0 Å². The Morgan fingerprint density at radius 3 is 2.26 bits per heavy atom. The van der Waals surface area contributed by atoms with Crippen molar-refractivity contribution in [2.24, 2.45) is 35.5 Å². The van der Waals surface area contributed by atoms with Gasteiger partial charge >= 0.3 is 25.8 Å². The van der Waals surface area contributed by atoms with Crippen LogP contribution in [0.1, 0.15) is 98.3 Å². The van der Waals surface area contributed by atoms with Gasteiger partial charge in [0.05, 0.1) is 18.5 Å². The molecule has 4 rings (SSSR count). The molecule has 0 radical (unpaired) electrons. The molecule has 2 nitrogen and oxygen atoms in total. The van der Waals surface area contributed by atoms with Crippen LogP contribution in [0.25, 0.3) is 5.32 Å². The fourth-order valence-corrected chi connectivity index (χ4v) is 7.20. The fraction of sp³-hybridized carbons (Fsp3) is 0.719. The molecule has 0 N–H and O–H groups in total. The largest absolute Gasteiger partial charge is 4.00 e. The van der Waals surface area contributed by atoms with Crippen molar-refractivity contribution < 1.29 is 30.4 Å². The average molecular weight is 645 g/mol. The Kier molecular flexibility index (Phi) is 14.4. The summed E-state index contributed by atoms with van der Waals surface area (Å²) in [6, 6.07) is 2.16. The van der Waals surface area contributed by atoms with Gasteiger partial charge in [-0.15, -0.1) is 18.0 Å². The minimum Gasteiger partial charge on any atom is -0.655 e. The predicted octanol–water partition coefficient (Wildman–Crippen LogP) is 9.01. The molecule has 3 saturated carbocycles. The molecular weight excluding hydrogens is 591 g/mol. The van der Waals surface area contributed by atoms with Crippen molar-refractivity contribution in [2.75, 3.05) is 0 Å². The van der Waals surface area contributed by atoms with E-state index in [0.717, 1.165) is 11.8 Å². The maximum Gasteiger partial charge on any atom is 4.00 e. The van der Waals surface area contributed by atoms with Gasteiger partial charge in [0.2, 0.25) is 0 Å². The van der Waals surface area contributed by atoms with E-state index in [1.165, 1.54) is 82.4 Å². The number of hydrogen-bond acceptors (Lipinski definition) is 0. The van der Waals surface area contributed by atoms with Crippen molar-refractivity contribution in [1.29, 1.82) is 0 Å². The Morgan fingerprint density at radius 2 is 1.60 bits per heavy atom. The normalized spacial score (nSPS) is 34.3. The first kappa shape index (κ1) is 32.9. The zero-order chi connectivity index (χ0) is 22.7. The SMILES string of the molecule is C=[N+]1C(C2[CH-]CCCC2)=CC=C[C-]1C([N-]C1C(C)CCCC1C(C)C)C1CCCCC1C.[CH3-].[CH3-].[Hf+4]. The molecule has 0 aromatic carbocycles. The van der Waals surface area contributed by atoms with E-state index in [-0.39, 0.29) is 46.7 Å². The summed E-state index contributed by atoms with van der Waals surface area (Å²) in [6.45, 7) is 14.4. The molecule has 0 aromatic heterocycles. The third-order valence-electron chi connectivity index (χ3n) is 9.25. The smallest absolute Gasteiger partial charge is 0.655 e. The summed E-state index contributed by atoms with van der Waals surface area (Å²) in [5.74, 6) is 4.11. The molecule has 0 bridgehead atoms. The Hall–Kier alpha value is -0.150. The van der Waals surface area contributed by atoms with Gasteiger partial charge in [0.25, 0.3) is 0 Å². The van der Waals surface area contributed by atoms with E-state index in [1.54, 1.807) is 0 Å². The van der Waals surface area contributed by atoms with Gasteiger partial charge in [-0.1, -0.05) is 128 Å². The van der Waals surface area contributed by atoms with Gasteiger partial charge in [-0.05, 0) is 11.8 Å². The van der Waals surface area contributed by atoms with Gasteiger partial charge in [0, 0.05) is 0 Å². The van der Waals surface area contributed by atoms with E-state index in [1.807, 2.05) is 0 Å². The van der Waals surface area contributed by atoms with Gasteiger partial charge in [0.15, 0.2) is 0 Å². The second-order valence-electron chi connectivity index (χ2n) is 11.8. The second-order valence-corrected chi connectivity index (χ2v) is 11.8. The summed E-state index contributed by atoms with van der Waals surface area (Å²) in [7, 11) is 0. The number of nitrogens with zero attached hydrogens (tertiary/aromatic N) is 2. The van der Waals surface area contributed by atoms with Gasteiger partial charge in [-0.3, -0.25) is 4.58 Å². The third kappa shape index (κ3) is 7.68. The Labute approximate surface area is 238 Å². The van der Waals surface area contributed by atoms with Gasteiger partial charge in [-0.25, -0.2) is 0 Å². The number of rotatable bonds is 6. The minimum absolute atomic E-state index is 0. The van der Waals surface area contributed by atoms with Crippen LogP contribution in [0.4, 0.5) is 0 Å². The van der Waals surface area contributed by atoms with E-state index in [4.69, 9.17) is 5.32 Å². The molecule has 3 aliphatic carbocycles. The first-order valence-corrected chi connectivity index (χ1v) is 13.9. The predicted molar refractivity (Wildman–Crippen MR) is 150 cm³/mol. The van der Waals surface area contributed by atoms with Gasteiger partial charge in [-0.2, -0.15) is 6.42 Å². The quantitative estimate of drug-likeness (QED) is 0.156. The van der Waals surface area contributed by atoms with E-state index < -0.39 is 0 Å². The van der Waals surface area contributed by atoms with E-state index in [0.29, 0.717) is 29.7 Å². The molecule has 1 aliphatic heterocycles. The zero-order valence-corrected chi connectivity index (χ0v) is 27.4. The van der Waals surface area contributed by atoms with Gasteiger partial charge in [0.1, 0.15) is 0 Å². The maximum atomic E-state index is 5.84. The van der Waals surface area contributed by atoms with Crippen LogP contribution >= 0.6 is 0 Å². The van der Waals surface area contributed by atoms with Crippen molar-refractivity contribution in [2.45, 2.75) is 110 Å². The molecule has 35 heavy (non-hydrogen) atoms. The maximum absolute atomic E-state index is 5.84. The number of hydrogen-bond donors (Lipinski definition) is 0. The summed E-state index contributed by atoms with van der Waals surface area (Å²) in [5, 5.41) is 5.84. The first-order chi connectivity index (χ1) is 15.5. The monoisotopic (exact) mass is 646 g/mol. The molecule has 7 atom stereocenters. The van der Waals surface area contributed by atoms with Crippen LogP contribution in [0.15, 0.2) is 23.9 Å². The molecule has 0 aromatic rings. The third-order valence-corrected chi connectivity index (χ3v) is 9.25. The summed E-state index contributed by atoms with van der Waals surface area (Å²) >= 11 is 0. The molecule has 3 fully saturated rings. The second kappa shape index (κ2) is 15.3. The molecule has 7 unspecified atom stereocenters. The molecule has 1 heterocycles. The topological polar surface area (TPSA) is 17.1 Å². The fourth-order valence-electron chi connectivity index (χ4n) is 7.20. The summed E-state index contributed by atoms with van der Waals surface area (Å²) in [6.07, 6.45) is 24.2. The van der Waals surface area contributed by atoms with Crippen molar-refractivity contribution in [3.63, 3.8) is 0 Å². The summed E-state index contributed by atoms with van der Waals surface area (Å²) in [5.41, 5.74) is 1.41.